The number of hydrazine groups is 1. The molecule has 54 heavy (non-hydrogen) atoms. The lowest BCUT2D eigenvalue weighted by Gasteiger charge is -2.18. The zero-order chi connectivity index (χ0) is 36.8. The number of hydrogen-bond acceptors (Lipinski definition) is 9. The molecule has 6 aromatic carbocycles. The van der Waals surface area contributed by atoms with Crippen LogP contribution in [0.3, 0.4) is 0 Å². The number of aromatic amines is 1. The Hall–Kier alpha value is -7.15. The predicted molar refractivity (Wildman–Crippen MR) is 213 cm³/mol. The number of benzene rings is 6. The molecule has 0 aliphatic carbocycles. The molecule has 9 aromatic rings. The number of carbonyl (C=O) groups is 1. The summed E-state index contributed by atoms with van der Waals surface area (Å²) in [5, 5.41) is 34.2. The number of para-hydroxylation sites is 2. The first-order valence-corrected chi connectivity index (χ1v) is 17.5. The molecule has 0 spiro atoms. The molecule has 8 N–H and O–H groups in total. The highest BCUT2D eigenvalue weighted by Gasteiger charge is 2.21. The first-order valence-electron chi connectivity index (χ1n) is 17.5. The molecule has 12 heteroatoms. The molecule has 0 radical (unpaired) electrons. The number of aliphatic hydroxyl groups is 1. The first kappa shape index (κ1) is 32.7. The van der Waals surface area contributed by atoms with Gasteiger partial charge in [-0.05, 0) is 62.6 Å². The summed E-state index contributed by atoms with van der Waals surface area (Å²) in [4.78, 5) is 21.9. The molecule has 0 aliphatic rings. The van der Waals surface area contributed by atoms with Crippen molar-refractivity contribution < 1.29 is 14.6 Å². The van der Waals surface area contributed by atoms with Crippen LogP contribution < -0.4 is 26.9 Å². The maximum atomic E-state index is 13.0. The highest BCUT2D eigenvalue weighted by atomic mass is 16.3. The minimum atomic E-state index is -0.894. The first-order chi connectivity index (χ1) is 26.4. The summed E-state index contributed by atoms with van der Waals surface area (Å²) in [6.45, 7) is 0.119. The van der Waals surface area contributed by atoms with E-state index in [0.717, 1.165) is 71.1 Å². The number of pyridine rings is 2. The molecule has 0 fully saturated rings. The van der Waals surface area contributed by atoms with Gasteiger partial charge in [0.2, 0.25) is 11.6 Å². The van der Waals surface area contributed by atoms with Crippen LogP contribution in [0.25, 0.3) is 71.1 Å². The Labute approximate surface area is 308 Å². The summed E-state index contributed by atoms with van der Waals surface area (Å²) >= 11 is 0. The van der Waals surface area contributed by atoms with E-state index in [1.165, 1.54) is 5.01 Å². The van der Waals surface area contributed by atoms with Crippen LogP contribution in [-0.2, 0) is 11.3 Å². The van der Waals surface area contributed by atoms with Crippen LogP contribution in [0, 0.1) is 0 Å². The number of nitrogens with one attached hydrogen (secondary N) is 3. The second kappa shape index (κ2) is 13.4. The maximum Gasteiger partial charge on any atom is 0.249 e. The smallest absolute Gasteiger partial charge is 0.249 e. The number of rotatable bonds is 10. The van der Waals surface area contributed by atoms with E-state index in [0.29, 0.717) is 16.9 Å². The van der Waals surface area contributed by atoms with Crippen LogP contribution in [0.15, 0.2) is 134 Å². The second-order valence-electron chi connectivity index (χ2n) is 13.3. The van der Waals surface area contributed by atoms with Gasteiger partial charge in [0, 0.05) is 45.6 Å². The third kappa shape index (κ3) is 6.00. The predicted octanol–water partition coefficient (Wildman–Crippen LogP) is 5.86. The van der Waals surface area contributed by atoms with Crippen molar-refractivity contribution in [2.75, 3.05) is 17.2 Å². The number of hydrogen-bond donors (Lipinski definition) is 6. The van der Waals surface area contributed by atoms with E-state index in [-0.39, 0.29) is 19.0 Å². The molecule has 1 amide bonds. The number of anilines is 2. The molecule has 12 nitrogen and oxygen atoms in total. The minimum Gasteiger partial charge on any atom is -0.397 e. The largest absolute Gasteiger partial charge is 0.397 e. The molecular weight excluding hydrogens is 677 g/mol. The zero-order valence-electron chi connectivity index (χ0n) is 28.9. The average Bonchev–Trinajstić information content (AvgIpc) is 3.64. The molecule has 0 saturated heterocycles. The van der Waals surface area contributed by atoms with E-state index in [1.807, 2.05) is 79.0 Å². The second-order valence-corrected chi connectivity index (χ2v) is 13.3. The van der Waals surface area contributed by atoms with Crippen molar-refractivity contribution in [2.45, 2.75) is 12.8 Å². The van der Waals surface area contributed by atoms with Crippen molar-refractivity contribution in [3.8, 4) is 11.3 Å². The van der Waals surface area contributed by atoms with Gasteiger partial charge in [0.1, 0.15) is 6.54 Å². The third-order valence-electron chi connectivity index (χ3n) is 9.69. The Morgan fingerprint density at radius 2 is 1.43 bits per heavy atom. The lowest BCUT2D eigenvalue weighted by Crippen LogP contribution is -2.44. The molecular formula is C42H35N10O2+. The number of carbonyl (C=O) groups excluding carboxylic acids is 1. The summed E-state index contributed by atoms with van der Waals surface area (Å²) in [7, 11) is 0. The van der Waals surface area contributed by atoms with Crippen molar-refractivity contribution in [1.82, 2.24) is 25.3 Å². The van der Waals surface area contributed by atoms with Gasteiger partial charge in [-0.2, -0.15) is 4.68 Å². The Balaban J connectivity index is 0.974. The number of aromatic nitrogens is 5. The Kier molecular flexibility index (Phi) is 8.15. The normalized spacial score (nSPS) is 12.6. The number of fused-ring (bicyclic) bond motifs is 2. The van der Waals surface area contributed by atoms with Gasteiger partial charge in [-0.15, -0.1) is 0 Å². The molecule has 264 valence electrons. The monoisotopic (exact) mass is 711 g/mol. The van der Waals surface area contributed by atoms with Crippen LogP contribution >= 0.6 is 0 Å². The van der Waals surface area contributed by atoms with Crippen LogP contribution in [-0.4, -0.2) is 49.1 Å². The topological polar surface area (TPSA) is 175 Å². The van der Waals surface area contributed by atoms with E-state index >= 15 is 0 Å². The number of aliphatic hydroxyl groups excluding tert-OH is 1. The number of amides is 1. The van der Waals surface area contributed by atoms with Gasteiger partial charge in [0.05, 0.1) is 28.1 Å². The minimum absolute atomic E-state index is 0.115. The summed E-state index contributed by atoms with van der Waals surface area (Å²) in [6, 6.07) is 35.7. The zero-order valence-corrected chi connectivity index (χ0v) is 28.9. The van der Waals surface area contributed by atoms with Gasteiger partial charge < -0.3 is 26.5 Å². The maximum absolute atomic E-state index is 13.0. The Bertz CT molecular complexity index is 2880. The number of nitrogens with zero attached hydrogens (tertiary/aromatic N) is 5. The average molecular weight is 712 g/mol. The molecule has 1 unspecified atom stereocenters. The number of nitrogens with two attached hydrogens (primary N) is 2. The fraction of sp³-hybridized carbons (Fsp3) is 0.0714. The van der Waals surface area contributed by atoms with Gasteiger partial charge >= 0.3 is 0 Å². The SMILES string of the molecule is NC(=CN(N)CC(=O)Nc1cccc2cccnc12)c1ccc2ccc3ccc(-c4c[n+](CC(O)Nc5cccc6cccnc56)[nH]n4)c4ccc1c2c34. The molecule has 0 aliphatic heterocycles. The van der Waals surface area contributed by atoms with Gasteiger partial charge in [-0.25, -0.2) is 5.84 Å². The summed E-state index contributed by atoms with van der Waals surface area (Å²) in [5.41, 5.74) is 12.5. The third-order valence-corrected chi connectivity index (χ3v) is 9.69. The van der Waals surface area contributed by atoms with Gasteiger partial charge in [0.25, 0.3) is 0 Å². The number of H-pyrrole nitrogens is 1. The molecule has 1 atom stereocenters. The van der Waals surface area contributed by atoms with E-state index in [1.54, 1.807) is 23.3 Å². The van der Waals surface area contributed by atoms with Gasteiger partial charge in [-0.3, -0.25) is 14.8 Å². The van der Waals surface area contributed by atoms with Crippen LogP contribution in [0.5, 0.6) is 0 Å². The molecule has 9 rings (SSSR count). The van der Waals surface area contributed by atoms with Gasteiger partial charge in [0.15, 0.2) is 19.0 Å². The van der Waals surface area contributed by atoms with Crippen LogP contribution in [0.4, 0.5) is 11.4 Å². The molecule has 3 heterocycles. The van der Waals surface area contributed by atoms with Crippen LogP contribution in [0.1, 0.15) is 5.56 Å². The Morgan fingerprint density at radius 3 is 2.19 bits per heavy atom. The fourth-order valence-corrected chi connectivity index (χ4v) is 7.31. The van der Waals surface area contributed by atoms with E-state index < -0.39 is 6.23 Å². The summed E-state index contributed by atoms with van der Waals surface area (Å²) in [5.74, 6) is 6.01. The lowest BCUT2D eigenvalue weighted by molar-refractivity contribution is -0.758. The lowest BCUT2D eigenvalue weighted by atomic mass is 9.89. The highest BCUT2D eigenvalue weighted by molar-refractivity contribution is 6.26. The molecule has 3 aromatic heterocycles. The van der Waals surface area contributed by atoms with Crippen molar-refractivity contribution in [2.24, 2.45) is 11.6 Å². The fourth-order valence-electron chi connectivity index (χ4n) is 7.31. The van der Waals surface area contributed by atoms with Crippen molar-refractivity contribution in [3.63, 3.8) is 0 Å². The van der Waals surface area contributed by atoms with Gasteiger partial charge in [-0.1, -0.05) is 84.1 Å². The quantitative estimate of drug-likeness (QED) is 0.0334. The summed E-state index contributed by atoms with van der Waals surface area (Å²) in [6.07, 6.45) is 6.02. The molecule has 0 bridgehead atoms. The summed E-state index contributed by atoms with van der Waals surface area (Å²) < 4.78 is 1.75. The van der Waals surface area contributed by atoms with E-state index in [9.17, 15) is 9.90 Å². The van der Waals surface area contributed by atoms with Crippen molar-refractivity contribution in [1.29, 1.82) is 0 Å². The van der Waals surface area contributed by atoms with E-state index in [4.69, 9.17) is 11.6 Å². The van der Waals surface area contributed by atoms with Crippen molar-refractivity contribution in [3.05, 3.63) is 140 Å². The van der Waals surface area contributed by atoms with Crippen molar-refractivity contribution >= 4 is 77.1 Å². The standard InChI is InChI=1S/C42H34N10O2/c43-33(21-51(44)23-37(53)47-34-9-1-5-27-7-3-19-45-41(27)34)29-15-13-25-11-12-26-14-16-30(32-18-17-31(29)39(25)40(26)32)36-22-52(50-49-36)24-38(54)48-35-10-2-6-28-8-4-20-46-42(28)35/h1-22,38,48,54H,23-24,43-44H2,(H,47,53)/p+1. The van der Waals surface area contributed by atoms with E-state index in [2.05, 4.69) is 67.3 Å². The highest BCUT2D eigenvalue weighted by Crippen LogP contribution is 2.40. The van der Waals surface area contributed by atoms with Crippen LogP contribution in [0.2, 0.25) is 0 Å². The Morgan fingerprint density at radius 1 is 0.796 bits per heavy atom. The molecule has 0 saturated carbocycles.